The Morgan fingerprint density at radius 1 is 1.00 bits per heavy atom. The number of aliphatic hydroxyl groups excluding tert-OH is 6. The molecule has 0 radical (unpaired) electrons. The van der Waals surface area contributed by atoms with E-state index in [1.165, 1.54) is 6.92 Å². The van der Waals surface area contributed by atoms with Crippen LogP contribution in [-0.4, -0.2) is 110 Å². The van der Waals surface area contributed by atoms with Crippen molar-refractivity contribution in [3.63, 3.8) is 0 Å². The van der Waals surface area contributed by atoms with Gasteiger partial charge in [0.25, 0.3) is 0 Å². The lowest BCUT2D eigenvalue weighted by atomic mass is 9.96. The summed E-state index contributed by atoms with van der Waals surface area (Å²) in [5.74, 6) is -0.453. The maximum absolute atomic E-state index is 11.3. The zero-order chi connectivity index (χ0) is 19.6. The summed E-state index contributed by atoms with van der Waals surface area (Å²) in [6.45, 7) is 0.0208. The zero-order valence-corrected chi connectivity index (χ0v) is 14.8. The SMILES string of the molecule is CC(=O)NC1C(O)[C@H](O[C@@H]2OC(CO)[C@H](O)C(O)C2O)C(CO)O[C@H]1S. The third-order valence-electron chi connectivity index (χ3n) is 4.38. The number of carbonyl (C=O) groups is 1. The van der Waals surface area contributed by atoms with Crippen LogP contribution in [0.2, 0.25) is 0 Å². The van der Waals surface area contributed by atoms with Crippen LogP contribution in [0.3, 0.4) is 0 Å². The van der Waals surface area contributed by atoms with Crippen LogP contribution in [0.1, 0.15) is 6.92 Å². The van der Waals surface area contributed by atoms with Crippen LogP contribution in [-0.2, 0) is 19.0 Å². The van der Waals surface area contributed by atoms with Crippen molar-refractivity contribution in [2.45, 2.75) is 67.4 Å². The van der Waals surface area contributed by atoms with Gasteiger partial charge in [-0.1, -0.05) is 0 Å². The highest BCUT2D eigenvalue weighted by Gasteiger charge is 2.50. The molecule has 0 bridgehead atoms. The van der Waals surface area contributed by atoms with Gasteiger partial charge in [0.1, 0.15) is 48.2 Å². The van der Waals surface area contributed by atoms with Crippen molar-refractivity contribution in [1.82, 2.24) is 5.32 Å². The second-order valence-corrected chi connectivity index (χ2v) is 6.77. The van der Waals surface area contributed by atoms with E-state index < -0.39 is 79.6 Å². The second-order valence-electron chi connectivity index (χ2n) is 6.26. The quantitative estimate of drug-likeness (QED) is 0.211. The standard InChI is InChI=1S/C14H25NO10S/c1-4(18)15-7-9(20)12(6(3-17)24-14(7)26)25-13-11(22)10(21)8(19)5(2-16)23-13/h5-14,16-17,19-22,26H,2-3H2,1H3,(H,15,18)/t5?,6?,7?,8-,9?,10?,11?,12+,13-,14-/m0/s1. The minimum atomic E-state index is -1.69. The second kappa shape index (κ2) is 9.10. The normalized spacial score (nSPS) is 46.8. The van der Waals surface area contributed by atoms with Gasteiger partial charge in [0.15, 0.2) is 6.29 Å². The summed E-state index contributed by atoms with van der Waals surface area (Å²) in [5.41, 5.74) is -0.930. The number of hydrogen-bond acceptors (Lipinski definition) is 11. The van der Waals surface area contributed by atoms with Gasteiger partial charge in [0.2, 0.25) is 5.91 Å². The van der Waals surface area contributed by atoms with Gasteiger partial charge < -0.3 is 50.2 Å². The monoisotopic (exact) mass is 399 g/mol. The maximum Gasteiger partial charge on any atom is 0.217 e. The third kappa shape index (κ3) is 4.47. The molecule has 10 atom stereocenters. The minimum Gasteiger partial charge on any atom is -0.394 e. The number of thiol groups is 1. The first-order valence-electron chi connectivity index (χ1n) is 8.06. The van der Waals surface area contributed by atoms with Crippen LogP contribution in [0.5, 0.6) is 0 Å². The predicted molar refractivity (Wildman–Crippen MR) is 87.0 cm³/mol. The Morgan fingerprint density at radius 3 is 2.15 bits per heavy atom. The smallest absolute Gasteiger partial charge is 0.217 e. The molecule has 0 aliphatic carbocycles. The molecule has 2 rings (SSSR count). The van der Waals surface area contributed by atoms with E-state index in [0.29, 0.717) is 0 Å². The van der Waals surface area contributed by atoms with Crippen LogP contribution in [0.25, 0.3) is 0 Å². The van der Waals surface area contributed by atoms with Gasteiger partial charge >= 0.3 is 0 Å². The average Bonchev–Trinajstić information content (AvgIpc) is 2.60. The molecule has 2 saturated heterocycles. The Kier molecular flexibility index (Phi) is 7.62. The number of nitrogens with one attached hydrogen (secondary N) is 1. The summed E-state index contributed by atoms with van der Waals surface area (Å²) in [6, 6.07) is -0.978. The van der Waals surface area contributed by atoms with Gasteiger partial charge in [-0.3, -0.25) is 4.79 Å². The van der Waals surface area contributed by atoms with Crippen molar-refractivity contribution in [2.75, 3.05) is 13.2 Å². The van der Waals surface area contributed by atoms with Crippen LogP contribution in [0.4, 0.5) is 0 Å². The van der Waals surface area contributed by atoms with E-state index >= 15 is 0 Å². The molecule has 2 fully saturated rings. The number of amides is 1. The molecule has 2 aliphatic heterocycles. The highest BCUT2D eigenvalue weighted by molar-refractivity contribution is 7.80. The van der Waals surface area contributed by atoms with E-state index in [-0.39, 0.29) is 0 Å². The van der Waals surface area contributed by atoms with Gasteiger partial charge in [0, 0.05) is 6.92 Å². The van der Waals surface area contributed by atoms with Gasteiger partial charge in [0.05, 0.1) is 19.3 Å². The molecule has 6 unspecified atom stereocenters. The first-order chi connectivity index (χ1) is 12.2. The number of hydrogen-bond donors (Lipinski definition) is 8. The fraction of sp³-hybridized carbons (Fsp3) is 0.929. The fourth-order valence-corrected chi connectivity index (χ4v) is 3.38. The van der Waals surface area contributed by atoms with Gasteiger partial charge in [-0.15, -0.1) is 12.6 Å². The Morgan fingerprint density at radius 2 is 1.62 bits per heavy atom. The molecule has 2 heterocycles. The zero-order valence-electron chi connectivity index (χ0n) is 14.0. The molecule has 152 valence electrons. The van der Waals surface area contributed by atoms with Gasteiger partial charge in [-0.2, -0.15) is 0 Å². The van der Waals surface area contributed by atoms with E-state index in [4.69, 9.17) is 14.2 Å². The molecule has 7 N–H and O–H groups in total. The van der Waals surface area contributed by atoms with Crippen LogP contribution in [0, 0.1) is 0 Å². The van der Waals surface area contributed by atoms with Crippen molar-refractivity contribution in [3.05, 3.63) is 0 Å². The molecule has 2 aliphatic rings. The largest absolute Gasteiger partial charge is 0.394 e. The molecular formula is C14H25NO10S. The van der Waals surface area contributed by atoms with E-state index in [9.17, 15) is 35.4 Å². The summed E-state index contributed by atoms with van der Waals surface area (Å²) >= 11 is 4.13. The van der Waals surface area contributed by atoms with E-state index in [0.717, 1.165) is 0 Å². The molecule has 11 nitrogen and oxygen atoms in total. The lowest BCUT2D eigenvalue weighted by molar-refractivity contribution is -0.333. The van der Waals surface area contributed by atoms with Crippen molar-refractivity contribution in [2.24, 2.45) is 0 Å². The average molecular weight is 399 g/mol. The van der Waals surface area contributed by atoms with Crippen molar-refractivity contribution < 1.29 is 49.6 Å². The van der Waals surface area contributed by atoms with Gasteiger partial charge in [-0.25, -0.2) is 0 Å². The first-order valence-corrected chi connectivity index (χ1v) is 8.58. The van der Waals surface area contributed by atoms with Crippen molar-refractivity contribution in [1.29, 1.82) is 0 Å². The van der Waals surface area contributed by atoms with Crippen molar-refractivity contribution in [3.8, 4) is 0 Å². The lowest BCUT2D eigenvalue weighted by Crippen LogP contribution is -2.66. The molecule has 26 heavy (non-hydrogen) atoms. The Labute approximate surface area is 154 Å². The molecule has 0 aromatic rings. The molecule has 0 aromatic heterocycles. The number of carbonyl (C=O) groups excluding carboxylic acids is 1. The van der Waals surface area contributed by atoms with E-state index in [1.54, 1.807) is 0 Å². The number of aliphatic hydroxyl groups is 6. The fourth-order valence-electron chi connectivity index (χ4n) is 2.98. The molecule has 0 aromatic carbocycles. The topological polar surface area (TPSA) is 178 Å². The Hall–Kier alpha value is -0.540. The summed E-state index contributed by atoms with van der Waals surface area (Å²) in [7, 11) is 0. The highest BCUT2D eigenvalue weighted by Crippen LogP contribution is 2.30. The highest BCUT2D eigenvalue weighted by atomic mass is 32.1. The minimum absolute atomic E-state index is 0.453. The summed E-state index contributed by atoms with van der Waals surface area (Å²) in [5, 5.41) is 61.3. The van der Waals surface area contributed by atoms with E-state index in [1.807, 2.05) is 0 Å². The summed E-state index contributed by atoms with van der Waals surface area (Å²) < 4.78 is 16.2. The predicted octanol–water partition coefficient (Wildman–Crippen LogP) is -4.32. The Balaban J connectivity index is 2.16. The maximum atomic E-state index is 11.3. The lowest BCUT2D eigenvalue weighted by Gasteiger charge is -2.46. The molecule has 1 amide bonds. The summed E-state index contributed by atoms with van der Waals surface area (Å²) in [6.07, 6.45) is -11.4. The Bertz CT molecular complexity index is 483. The molecule has 0 spiro atoms. The summed E-state index contributed by atoms with van der Waals surface area (Å²) in [4.78, 5) is 11.3. The number of ether oxygens (including phenoxy) is 3. The van der Waals surface area contributed by atoms with Crippen LogP contribution < -0.4 is 5.32 Å². The molecular weight excluding hydrogens is 374 g/mol. The van der Waals surface area contributed by atoms with E-state index in [2.05, 4.69) is 17.9 Å². The first kappa shape index (κ1) is 21.8. The molecule has 12 heteroatoms. The van der Waals surface area contributed by atoms with Crippen LogP contribution in [0.15, 0.2) is 0 Å². The van der Waals surface area contributed by atoms with Crippen molar-refractivity contribution >= 4 is 18.5 Å². The van der Waals surface area contributed by atoms with Crippen LogP contribution >= 0.6 is 12.6 Å². The van der Waals surface area contributed by atoms with Gasteiger partial charge in [-0.05, 0) is 0 Å². The third-order valence-corrected chi connectivity index (χ3v) is 4.82. The molecule has 0 saturated carbocycles. The number of rotatable bonds is 5.